The van der Waals surface area contributed by atoms with Gasteiger partial charge in [-0.05, 0) is 25.7 Å². The predicted octanol–water partition coefficient (Wildman–Crippen LogP) is 1.06. The van der Waals surface area contributed by atoms with Crippen molar-refractivity contribution in [3.63, 3.8) is 0 Å². The molecule has 0 saturated carbocycles. The molecule has 1 saturated heterocycles. The average Bonchev–Trinajstić information content (AvgIpc) is 2.39. The van der Waals surface area contributed by atoms with E-state index >= 15 is 0 Å². The fourth-order valence-electron chi connectivity index (χ4n) is 1.97. The van der Waals surface area contributed by atoms with Gasteiger partial charge in [0.25, 0.3) is 0 Å². The molecule has 1 heterocycles. The van der Waals surface area contributed by atoms with Crippen molar-refractivity contribution >= 4 is 5.91 Å². The third-order valence-electron chi connectivity index (χ3n) is 3.97. The van der Waals surface area contributed by atoms with Crippen LogP contribution in [-0.4, -0.2) is 43.9 Å². The van der Waals surface area contributed by atoms with E-state index in [9.17, 15) is 4.79 Å². The molecule has 0 aromatic rings. The van der Waals surface area contributed by atoms with Gasteiger partial charge in [-0.3, -0.25) is 4.79 Å². The summed E-state index contributed by atoms with van der Waals surface area (Å²) in [5, 5.41) is 3.01. The maximum atomic E-state index is 11.9. The van der Waals surface area contributed by atoms with Gasteiger partial charge in [-0.25, -0.2) is 0 Å². The van der Waals surface area contributed by atoms with Crippen LogP contribution in [0.1, 0.15) is 40.0 Å². The predicted molar refractivity (Wildman–Crippen MR) is 74.9 cm³/mol. The van der Waals surface area contributed by atoms with Crippen molar-refractivity contribution in [1.29, 1.82) is 0 Å². The van der Waals surface area contributed by atoms with Gasteiger partial charge >= 0.3 is 0 Å². The first-order valence-corrected chi connectivity index (χ1v) is 7.18. The highest BCUT2D eigenvalue weighted by Crippen LogP contribution is 2.15. The van der Waals surface area contributed by atoms with Crippen molar-refractivity contribution < 1.29 is 14.3 Å². The number of amides is 1. The molecule has 0 bridgehead atoms. The Hall–Kier alpha value is -0.650. The van der Waals surface area contributed by atoms with Gasteiger partial charge < -0.3 is 20.5 Å². The summed E-state index contributed by atoms with van der Waals surface area (Å²) in [6.45, 7) is 8.53. The SMILES string of the molecule is CC(C)C(C)(CN)NC(=O)CCOC1CCOCC1. The van der Waals surface area contributed by atoms with Crippen LogP contribution in [0.2, 0.25) is 0 Å². The lowest BCUT2D eigenvalue weighted by molar-refractivity contribution is -0.125. The third kappa shape index (κ3) is 5.47. The number of hydrogen-bond acceptors (Lipinski definition) is 4. The molecule has 1 aliphatic rings. The molecular weight excluding hydrogens is 244 g/mol. The fraction of sp³-hybridized carbons (Fsp3) is 0.929. The Morgan fingerprint density at radius 3 is 2.63 bits per heavy atom. The van der Waals surface area contributed by atoms with E-state index in [-0.39, 0.29) is 17.6 Å². The maximum absolute atomic E-state index is 11.9. The lowest BCUT2D eigenvalue weighted by Gasteiger charge is -2.33. The quantitative estimate of drug-likeness (QED) is 0.727. The second-order valence-corrected chi connectivity index (χ2v) is 5.76. The summed E-state index contributed by atoms with van der Waals surface area (Å²) in [5.41, 5.74) is 5.40. The largest absolute Gasteiger partial charge is 0.381 e. The Bertz CT molecular complexity index is 278. The highest BCUT2D eigenvalue weighted by molar-refractivity contribution is 5.76. The first-order valence-electron chi connectivity index (χ1n) is 7.18. The molecule has 1 amide bonds. The van der Waals surface area contributed by atoms with Crippen LogP contribution in [0, 0.1) is 5.92 Å². The van der Waals surface area contributed by atoms with Gasteiger partial charge in [0.1, 0.15) is 0 Å². The van der Waals surface area contributed by atoms with Crippen LogP contribution in [0.3, 0.4) is 0 Å². The molecule has 1 rings (SSSR count). The lowest BCUT2D eigenvalue weighted by Crippen LogP contribution is -2.55. The van der Waals surface area contributed by atoms with Crippen molar-refractivity contribution in [2.45, 2.75) is 51.7 Å². The van der Waals surface area contributed by atoms with E-state index < -0.39 is 0 Å². The molecule has 0 aromatic heterocycles. The van der Waals surface area contributed by atoms with Crippen LogP contribution in [-0.2, 0) is 14.3 Å². The summed E-state index contributed by atoms with van der Waals surface area (Å²) in [7, 11) is 0. The van der Waals surface area contributed by atoms with Gasteiger partial charge in [-0.1, -0.05) is 13.8 Å². The number of carbonyl (C=O) groups is 1. The van der Waals surface area contributed by atoms with Crippen LogP contribution >= 0.6 is 0 Å². The molecule has 5 heteroatoms. The molecule has 0 aromatic carbocycles. The number of hydrogen-bond donors (Lipinski definition) is 2. The van der Waals surface area contributed by atoms with Gasteiger partial charge in [0.2, 0.25) is 5.91 Å². The molecular formula is C14H28N2O3. The lowest BCUT2D eigenvalue weighted by atomic mass is 9.88. The number of ether oxygens (including phenoxy) is 2. The summed E-state index contributed by atoms with van der Waals surface area (Å²) in [5.74, 6) is 0.312. The normalized spacial score (nSPS) is 20.3. The Morgan fingerprint density at radius 1 is 1.47 bits per heavy atom. The standard InChI is InChI=1S/C14H28N2O3/c1-11(2)14(3,10-15)16-13(17)6-9-19-12-4-7-18-8-5-12/h11-12H,4-10,15H2,1-3H3,(H,16,17). The van der Waals surface area contributed by atoms with Gasteiger partial charge in [0.15, 0.2) is 0 Å². The summed E-state index contributed by atoms with van der Waals surface area (Å²) >= 11 is 0. The minimum absolute atomic E-state index is 0.00806. The van der Waals surface area contributed by atoms with Crippen LogP contribution in [0.15, 0.2) is 0 Å². The molecule has 1 aliphatic heterocycles. The number of nitrogens with one attached hydrogen (secondary N) is 1. The summed E-state index contributed by atoms with van der Waals surface area (Å²) in [4.78, 5) is 11.9. The fourth-order valence-corrected chi connectivity index (χ4v) is 1.97. The van der Waals surface area contributed by atoms with E-state index in [1.165, 1.54) is 0 Å². The highest BCUT2D eigenvalue weighted by atomic mass is 16.5. The monoisotopic (exact) mass is 272 g/mol. The van der Waals surface area contributed by atoms with E-state index in [1.54, 1.807) is 0 Å². The molecule has 0 radical (unpaired) electrons. The molecule has 0 spiro atoms. The highest BCUT2D eigenvalue weighted by Gasteiger charge is 2.28. The number of carbonyl (C=O) groups excluding carboxylic acids is 1. The van der Waals surface area contributed by atoms with Crippen LogP contribution in [0.5, 0.6) is 0 Å². The van der Waals surface area contributed by atoms with Crippen LogP contribution < -0.4 is 11.1 Å². The molecule has 1 fully saturated rings. The molecule has 1 atom stereocenters. The second-order valence-electron chi connectivity index (χ2n) is 5.76. The average molecular weight is 272 g/mol. The molecule has 3 N–H and O–H groups in total. The van der Waals surface area contributed by atoms with Gasteiger partial charge in [0.05, 0.1) is 18.2 Å². The number of rotatable bonds is 7. The summed E-state index contributed by atoms with van der Waals surface area (Å²) < 4.78 is 11.0. The van der Waals surface area contributed by atoms with Crippen molar-refractivity contribution in [3.8, 4) is 0 Å². The zero-order valence-electron chi connectivity index (χ0n) is 12.4. The van der Waals surface area contributed by atoms with Gasteiger partial charge in [-0.2, -0.15) is 0 Å². The van der Waals surface area contributed by atoms with Crippen molar-refractivity contribution in [3.05, 3.63) is 0 Å². The van der Waals surface area contributed by atoms with Crippen molar-refractivity contribution in [1.82, 2.24) is 5.32 Å². The second kappa shape index (κ2) is 7.82. The smallest absolute Gasteiger partial charge is 0.222 e. The van der Waals surface area contributed by atoms with Crippen molar-refractivity contribution in [2.75, 3.05) is 26.4 Å². The van der Waals surface area contributed by atoms with E-state index in [4.69, 9.17) is 15.2 Å². The molecule has 112 valence electrons. The Balaban J connectivity index is 2.23. The van der Waals surface area contributed by atoms with E-state index in [0.717, 1.165) is 26.1 Å². The molecule has 5 nitrogen and oxygen atoms in total. The Labute approximate surface area is 116 Å². The van der Waals surface area contributed by atoms with Crippen molar-refractivity contribution in [2.24, 2.45) is 11.7 Å². The van der Waals surface area contributed by atoms with Gasteiger partial charge in [0, 0.05) is 26.2 Å². The molecule has 1 unspecified atom stereocenters. The zero-order valence-corrected chi connectivity index (χ0v) is 12.4. The third-order valence-corrected chi connectivity index (χ3v) is 3.97. The van der Waals surface area contributed by atoms with Gasteiger partial charge in [-0.15, -0.1) is 0 Å². The molecule has 0 aliphatic carbocycles. The van der Waals surface area contributed by atoms with E-state index in [0.29, 0.717) is 25.5 Å². The van der Waals surface area contributed by atoms with Crippen LogP contribution in [0.4, 0.5) is 0 Å². The topological polar surface area (TPSA) is 73.6 Å². The minimum atomic E-state index is -0.338. The minimum Gasteiger partial charge on any atom is -0.381 e. The maximum Gasteiger partial charge on any atom is 0.222 e. The van der Waals surface area contributed by atoms with Crippen LogP contribution in [0.25, 0.3) is 0 Å². The summed E-state index contributed by atoms with van der Waals surface area (Å²) in [6.07, 6.45) is 2.48. The van der Waals surface area contributed by atoms with E-state index in [1.807, 2.05) is 6.92 Å². The first-order chi connectivity index (χ1) is 8.98. The molecule has 19 heavy (non-hydrogen) atoms. The Kier molecular flexibility index (Phi) is 6.75. The Morgan fingerprint density at radius 2 is 2.11 bits per heavy atom. The zero-order chi connectivity index (χ0) is 14.3. The van der Waals surface area contributed by atoms with E-state index in [2.05, 4.69) is 19.2 Å². The number of nitrogens with two attached hydrogens (primary N) is 1. The summed E-state index contributed by atoms with van der Waals surface area (Å²) in [6, 6.07) is 0. The first kappa shape index (κ1) is 16.4.